The Morgan fingerprint density at radius 2 is 1.89 bits per heavy atom. The van der Waals surface area contributed by atoms with E-state index in [1.54, 1.807) is 30.3 Å². The molecule has 0 amide bonds. The van der Waals surface area contributed by atoms with Crippen molar-refractivity contribution in [1.29, 1.82) is 0 Å². The number of methoxy groups -OCH3 is 1. The average molecular weight is 386 g/mol. The summed E-state index contributed by atoms with van der Waals surface area (Å²) in [5.74, 6) is -3.83. The molecule has 28 heavy (non-hydrogen) atoms. The van der Waals surface area contributed by atoms with Crippen molar-refractivity contribution in [2.45, 2.75) is 12.3 Å². The largest absolute Gasteiger partial charge is 0.496 e. The van der Waals surface area contributed by atoms with E-state index in [4.69, 9.17) is 19.0 Å². The molecular formula is C21H22O7. The minimum Gasteiger partial charge on any atom is -0.496 e. The average Bonchev–Trinajstić information content (AvgIpc) is 3.33. The maximum Gasteiger partial charge on any atom is 0.210 e. The molecule has 0 radical (unpaired) electrons. The van der Waals surface area contributed by atoms with Gasteiger partial charge in [-0.3, -0.25) is 14.4 Å². The number of hydrogen-bond donors (Lipinski definition) is 1. The molecule has 1 aliphatic carbocycles. The van der Waals surface area contributed by atoms with Crippen LogP contribution in [0.3, 0.4) is 0 Å². The lowest BCUT2D eigenvalue weighted by Gasteiger charge is -2.24. The van der Waals surface area contributed by atoms with Crippen LogP contribution in [0.4, 0.5) is 0 Å². The number of carbonyl (C=O) groups excluding carboxylic acids is 3. The number of ketones is 3. The van der Waals surface area contributed by atoms with Crippen LogP contribution >= 0.6 is 0 Å². The van der Waals surface area contributed by atoms with Gasteiger partial charge in [0.2, 0.25) is 17.3 Å². The first-order valence-corrected chi connectivity index (χ1v) is 9.07. The van der Waals surface area contributed by atoms with Crippen LogP contribution in [0.2, 0.25) is 0 Å². The highest BCUT2D eigenvalue weighted by Crippen LogP contribution is 2.46. The number of aliphatic hydroxyl groups is 1. The maximum absolute atomic E-state index is 13.0. The molecule has 1 saturated carbocycles. The van der Waals surface area contributed by atoms with E-state index in [1.807, 2.05) is 0 Å². The smallest absolute Gasteiger partial charge is 0.210 e. The Hall–Kier alpha value is -2.77. The minimum absolute atomic E-state index is 0.0447. The number of hydrogen-bond acceptors (Lipinski definition) is 7. The third-order valence-corrected chi connectivity index (χ3v) is 5.01. The molecule has 3 atom stereocenters. The number of carbonyl (C=O) groups is 3. The van der Waals surface area contributed by atoms with Crippen LogP contribution in [0.5, 0.6) is 5.75 Å². The minimum atomic E-state index is -1.17. The predicted molar refractivity (Wildman–Crippen MR) is 98.3 cm³/mol. The second-order valence-electron chi connectivity index (χ2n) is 6.55. The van der Waals surface area contributed by atoms with E-state index in [9.17, 15) is 14.4 Å². The highest BCUT2D eigenvalue weighted by atomic mass is 16.5. The molecule has 3 rings (SSSR count). The Morgan fingerprint density at radius 1 is 1.11 bits per heavy atom. The molecule has 2 aromatic rings. The summed E-state index contributed by atoms with van der Waals surface area (Å²) in [5, 5.41) is 8.85. The van der Waals surface area contributed by atoms with Crippen molar-refractivity contribution in [1.82, 2.24) is 0 Å². The Kier molecular flexibility index (Phi) is 6.38. The van der Waals surface area contributed by atoms with E-state index < -0.39 is 35.1 Å². The molecule has 0 aliphatic heterocycles. The quantitative estimate of drug-likeness (QED) is 0.304. The fraction of sp³-hybridized carbons (Fsp3) is 0.381. The third-order valence-electron chi connectivity index (χ3n) is 5.01. The van der Waals surface area contributed by atoms with Gasteiger partial charge in [-0.05, 0) is 30.2 Å². The number of ether oxygens (including phenoxy) is 2. The summed E-state index contributed by atoms with van der Waals surface area (Å²) < 4.78 is 15.9. The first-order chi connectivity index (χ1) is 13.6. The molecule has 7 heteroatoms. The zero-order valence-corrected chi connectivity index (χ0v) is 15.5. The normalized spacial score (nSPS) is 21.9. The van der Waals surface area contributed by atoms with Crippen LogP contribution in [0.25, 0.3) is 0 Å². The van der Waals surface area contributed by atoms with Gasteiger partial charge in [0, 0.05) is 18.4 Å². The van der Waals surface area contributed by atoms with Gasteiger partial charge in [-0.15, -0.1) is 0 Å². The van der Waals surface area contributed by atoms with Gasteiger partial charge in [0.15, 0.2) is 5.76 Å². The van der Waals surface area contributed by atoms with E-state index in [1.165, 1.54) is 19.4 Å². The van der Waals surface area contributed by atoms with Gasteiger partial charge >= 0.3 is 0 Å². The van der Waals surface area contributed by atoms with E-state index in [0.29, 0.717) is 11.3 Å². The first-order valence-electron chi connectivity index (χ1n) is 9.07. The third kappa shape index (κ3) is 3.76. The van der Waals surface area contributed by atoms with E-state index in [2.05, 4.69) is 0 Å². The number of benzene rings is 1. The predicted octanol–water partition coefficient (Wildman–Crippen LogP) is 2.04. The van der Waals surface area contributed by atoms with E-state index in [-0.39, 0.29) is 32.0 Å². The molecule has 1 aliphatic rings. The standard InChI is InChI=1S/C21H22O7/c1-26-15-6-3-2-5-13(15)17-14(8-11-27-12-9-22)19(23)21(25)18(17)20(24)16-7-4-10-28-16/h2-7,10,14,17-18,22H,8-9,11-12H2,1H3. The maximum atomic E-state index is 13.0. The molecule has 1 N–H and O–H groups in total. The van der Waals surface area contributed by atoms with Crippen LogP contribution in [0, 0.1) is 11.8 Å². The lowest BCUT2D eigenvalue weighted by atomic mass is 9.79. The molecule has 1 fully saturated rings. The van der Waals surface area contributed by atoms with Crippen LogP contribution in [0.1, 0.15) is 28.5 Å². The highest BCUT2D eigenvalue weighted by molar-refractivity contribution is 6.45. The van der Waals surface area contributed by atoms with Crippen LogP contribution in [0.15, 0.2) is 47.1 Å². The van der Waals surface area contributed by atoms with Crippen LogP contribution in [-0.2, 0) is 14.3 Å². The number of Topliss-reactive ketones (excluding diaryl/α,β-unsaturated/α-hetero) is 3. The van der Waals surface area contributed by atoms with Gasteiger partial charge in [0.25, 0.3) is 0 Å². The molecule has 3 unspecified atom stereocenters. The molecule has 1 aromatic heterocycles. The van der Waals surface area contributed by atoms with Crippen molar-refractivity contribution in [3.05, 3.63) is 54.0 Å². The zero-order chi connectivity index (χ0) is 20.1. The second-order valence-corrected chi connectivity index (χ2v) is 6.55. The van der Waals surface area contributed by atoms with E-state index in [0.717, 1.165) is 0 Å². The topological polar surface area (TPSA) is 103 Å². The fourth-order valence-electron chi connectivity index (χ4n) is 3.77. The van der Waals surface area contributed by atoms with Gasteiger partial charge < -0.3 is 19.0 Å². The molecule has 7 nitrogen and oxygen atoms in total. The van der Waals surface area contributed by atoms with Crippen molar-refractivity contribution in [3.63, 3.8) is 0 Å². The monoisotopic (exact) mass is 386 g/mol. The molecule has 0 bridgehead atoms. The van der Waals surface area contributed by atoms with Crippen molar-refractivity contribution >= 4 is 17.3 Å². The van der Waals surface area contributed by atoms with Gasteiger partial charge in [-0.25, -0.2) is 0 Å². The highest BCUT2D eigenvalue weighted by Gasteiger charge is 2.54. The number of rotatable bonds is 9. The molecule has 0 saturated heterocycles. The Morgan fingerprint density at radius 3 is 2.57 bits per heavy atom. The molecule has 148 valence electrons. The number of para-hydroxylation sites is 1. The van der Waals surface area contributed by atoms with Crippen molar-refractivity contribution < 1.29 is 33.4 Å². The lowest BCUT2D eigenvalue weighted by Crippen LogP contribution is -2.26. The Bertz CT molecular complexity index is 840. The van der Waals surface area contributed by atoms with Crippen LogP contribution in [-0.4, -0.2) is 49.4 Å². The summed E-state index contributed by atoms with van der Waals surface area (Å²) in [6.45, 7) is 0.202. The molecule has 1 heterocycles. The van der Waals surface area contributed by atoms with Gasteiger partial charge in [0.1, 0.15) is 5.75 Å². The van der Waals surface area contributed by atoms with Gasteiger partial charge in [0.05, 0.1) is 32.5 Å². The summed E-state index contributed by atoms with van der Waals surface area (Å²) in [7, 11) is 1.50. The summed E-state index contributed by atoms with van der Waals surface area (Å²) in [4.78, 5) is 38.5. The van der Waals surface area contributed by atoms with Gasteiger partial charge in [-0.1, -0.05) is 18.2 Å². The van der Waals surface area contributed by atoms with Crippen molar-refractivity contribution in [2.75, 3.05) is 26.9 Å². The Balaban J connectivity index is 2.00. The number of aliphatic hydroxyl groups excluding tert-OH is 1. The molecule has 1 aromatic carbocycles. The van der Waals surface area contributed by atoms with Crippen LogP contribution < -0.4 is 4.74 Å². The first kappa shape index (κ1) is 20.0. The number of furan rings is 1. The summed E-state index contributed by atoms with van der Waals surface area (Å²) in [6, 6.07) is 10.1. The fourth-order valence-corrected chi connectivity index (χ4v) is 3.77. The summed E-state index contributed by atoms with van der Waals surface area (Å²) in [5.41, 5.74) is 0.626. The summed E-state index contributed by atoms with van der Waals surface area (Å²) in [6.07, 6.45) is 1.61. The Labute approximate surface area is 162 Å². The molecular weight excluding hydrogens is 364 g/mol. The summed E-state index contributed by atoms with van der Waals surface area (Å²) >= 11 is 0. The second kappa shape index (κ2) is 8.95. The SMILES string of the molecule is COc1ccccc1C1C(CCOCCO)C(=O)C(=O)C1C(=O)c1ccco1. The molecule has 0 spiro atoms. The van der Waals surface area contributed by atoms with Gasteiger partial charge in [-0.2, -0.15) is 0 Å². The van der Waals surface area contributed by atoms with Crippen molar-refractivity contribution in [2.24, 2.45) is 11.8 Å². The van der Waals surface area contributed by atoms with E-state index >= 15 is 0 Å². The lowest BCUT2D eigenvalue weighted by molar-refractivity contribution is -0.136. The van der Waals surface area contributed by atoms with Crippen molar-refractivity contribution in [3.8, 4) is 5.75 Å². The zero-order valence-electron chi connectivity index (χ0n) is 15.5.